The number of aliphatic carboxylic acids is 1. The van der Waals surface area contributed by atoms with Gasteiger partial charge in [0.25, 0.3) is 5.69 Å². The molecule has 0 aromatic heterocycles. The molecule has 0 aliphatic rings. The van der Waals surface area contributed by atoms with Gasteiger partial charge in [0.2, 0.25) is 0 Å². The van der Waals surface area contributed by atoms with Gasteiger partial charge in [0.1, 0.15) is 10.9 Å². The van der Waals surface area contributed by atoms with Gasteiger partial charge >= 0.3 is 5.97 Å². The first-order valence-corrected chi connectivity index (χ1v) is 7.32. The molecule has 0 aliphatic heterocycles. The van der Waals surface area contributed by atoms with Gasteiger partial charge in [-0.15, -0.1) is 0 Å². The van der Waals surface area contributed by atoms with Crippen LogP contribution in [0.1, 0.15) is 5.56 Å². The smallest absolute Gasteiger partial charge is 0.321 e. The molecule has 7 heteroatoms. The minimum Gasteiger partial charge on any atom is -0.480 e. The maximum atomic E-state index is 11.3. The van der Waals surface area contributed by atoms with E-state index in [1.807, 2.05) is 30.3 Å². The summed E-state index contributed by atoms with van der Waals surface area (Å²) in [5.41, 5.74) is 0.828. The summed E-state index contributed by atoms with van der Waals surface area (Å²) in [5, 5.41) is 20.2. The van der Waals surface area contributed by atoms with Crippen molar-refractivity contribution in [1.29, 1.82) is 0 Å². The van der Waals surface area contributed by atoms with E-state index in [1.165, 1.54) is 6.07 Å². The van der Waals surface area contributed by atoms with Crippen LogP contribution in [0.2, 0.25) is 0 Å². The van der Waals surface area contributed by atoms with Crippen LogP contribution in [0.15, 0.2) is 59.5 Å². The summed E-state index contributed by atoms with van der Waals surface area (Å²) in [6.07, 6.45) is 0.295. The Labute approximate surface area is 131 Å². The van der Waals surface area contributed by atoms with Crippen LogP contribution in [0.3, 0.4) is 0 Å². The molecule has 2 N–H and O–H groups in total. The highest BCUT2D eigenvalue weighted by Crippen LogP contribution is 2.27. The van der Waals surface area contributed by atoms with Crippen molar-refractivity contribution in [3.63, 3.8) is 0 Å². The van der Waals surface area contributed by atoms with Crippen molar-refractivity contribution in [1.82, 2.24) is 4.72 Å². The van der Waals surface area contributed by atoms with Crippen LogP contribution in [-0.4, -0.2) is 22.0 Å². The van der Waals surface area contributed by atoms with Crippen molar-refractivity contribution in [2.75, 3.05) is 0 Å². The number of benzene rings is 2. The highest BCUT2D eigenvalue weighted by Gasteiger charge is 2.20. The molecule has 0 amide bonds. The zero-order chi connectivity index (χ0) is 15.9. The highest BCUT2D eigenvalue weighted by molar-refractivity contribution is 7.97. The Bertz CT molecular complexity index is 664. The monoisotopic (exact) mass is 318 g/mol. The van der Waals surface area contributed by atoms with Crippen LogP contribution in [0.5, 0.6) is 0 Å². The van der Waals surface area contributed by atoms with E-state index in [0.29, 0.717) is 11.3 Å². The zero-order valence-corrected chi connectivity index (χ0v) is 12.3. The molecule has 22 heavy (non-hydrogen) atoms. The Morgan fingerprint density at radius 1 is 1.18 bits per heavy atom. The zero-order valence-electron chi connectivity index (χ0n) is 11.5. The number of hydrogen-bond donors (Lipinski definition) is 2. The fourth-order valence-corrected chi connectivity index (χ4v) is 2.71. The average Bonchev–Trinajstić information content (AvgIpc) is 2.52. The second kappa shape index (κ2) is 7.58. The van der Waals surface area contributed by atoms with Crippen LogP contribution in [0.4, 0.5) is 5.69 Å². The topological polar surface area (TPSA) is 92.5 Å². The van der Waals surface area contributed by atoms with E-state index in [1.54, 1.807) is 18.2 Å². The largest absolute Gasteiger partial charge is 0.480 e. The highest BCUT2D eigenvalue weighted by atomic mass is 32.2. The van der Waals surface area contributed by atoms with Gasteiger partial charge in [0.05, 0.1) is 4.92 Å². The second-order valence-corrected chi connectivity index (χ2v) is 5.40. The van der Waals surface area contributed by atoms with E-state index >= 15 is 0 Å². The van der Waals surface area contributed by atoms with Gasteiger partial charge in [-0.25, -0.2) is 4.72 Å². The van der Waals surface area contributed by atoms with Crippen molar-refractivity contribution < 1.29 is 14.8 Å². The summed E-state index contributed by atoms with van der Waals surface area (Å²) in [6.45, 7) is 0. The molecule has 0 heterocycles. The van der Waals surface area contributed by atoms with Crippen LogP contribution >= 0.6 is 11.9 Å². The lowest BCUT2D eigenvalue weighted by Crippen LogP contribution is -2.34. The Balaban J connectivity index is 2.07. The fraction of sp³-hybridized carbons (Fsp3) is 0.133. The number of rotatable bonds is 7. The molecule has 114 valence electrons. The Hall–Kier alpha value is -2.38. The number of hydrogen-bond acceptors (Lipinski definition) is 5. The molecular formula is C15H14N2O4S. The van der Waals surface area contributed by atoms with E-state index in [4.69, 9.17) is 0 Å². The molecule has 0 fully saturated rings. The van der Waals surface area contributed by atoms with Gasteiger partial charge in [0, 0.05) is 6.07 Å². The predicted octanol–water partition coefficient (Wildman–Crippen LogP) is 2.89. The summed E-state index contributed by atoms with van der Waals surface area (Å²) in [4.78, 5) is 22.2. The Morgan fingerprint density at radius 2 is 1.82 bits per heavy atom. The normalized spacial score (nSPS) is 11.8. The van der Waals surface area contributed by atoms with Gasteiger partial charge in [-0.05, 0) is 30.0 Å². The molecule has 0 unspecified atom stereocenters. The standard InChI is InChI=1S/C15H14N2O4S/c18-15(19)12(10-11-6-2-1-3-7-11)16-22-14-9-5-4-8-13(14)17(20)21/h1-9,12,16H,10H2,(H,18,19)/t12-/m0/s1. The third kappa shape index (κ3) is 4.31. The molecule has 0 saturated carbocycles. The summed E-state index contributed by atoms with van der Waals surface area (Å²) in [6, 6.07) is 14.6. The third-order valence-corrected chi connectivity index (χ3v) is 3.92. The first-order chi connectivity index (χ1) is 10.6. The minimum atomic E-state index is -1.00. The first kappa shape index (κ1) is 16.0. The number of nitro benzene ring substituents is 1. The molecule has 0 bridgehead atoms. The summed E-state index contributed by atoms with van der Waals surface area (Å²) in [5.74, 6) is -1.00. The molecule has 0 saturated heterocycles. The minimum absolute atomic E-state index is 0.0520. The van der Waals surface area contributed by atoms with Gasteiger partial charge in [-0.3, -0.25) is 14.9 Å². The van der Waals surface area contributed by atoms with Crippen molar-refractivity contribution >= 4 is 23.6 Å². The van der Waals surface area contributed by atoms with Crippen molar-refractivity contribution in [2.45, 2.75) is 17.4 Å². The van der Waals surface area contributed by atoms with E-state index in [9.17, 15) is 20.0 Å². The molecule has 2 rings (SSSR count). The fourth-order valence-electron chi connectivity index (χ4n) is 1.86. The molecule has 2 aromatic carbocycles. The van der Waals surface area contributed by atoms with Crippen LogP contribution in [0, 0.1) is 10.1 Å². The third-order valence-electron chi connectivity index (χ3n) is 2.95. The van der Waals surface area contributed by atoms with Crippen LogP contribution in [0.25, 0.3) is 0 Å². The number of nitrogens with one attached hydrogen (secondary N) is 1. The van der Waals surface area contributed by atoms with Crippen molar-refractivity contribution in [2.24, 2.45) is 0 Å². The van der Waals surface area contributed by atoms with Gasteiger partial charge in [0.15, 0.2) is 0 Å². The summed E-state index contributed by atoms with van der Waals surface area (Å²) in [7, 11) is 0. The van der Waals surface area contributed by atoms with Gasteiger partial charge in [-0.2, -0.15) is 0 Å². The summed E-state index contributed by atoms with van der Waals surface area (Å²) < 4.78 is 2.79. The number of nitro groups is 1. The van der Waals surface area contributed by atoms with Crippen molar-refractivity contribution in [3.8, 4) is 0 Å². The number of nitrogens with zero attached hydrogens (tertiary/aromatic N) is 1. The van der Waals surface area contributed by atoms with E-state index in [-0.39, 0.29) is 5.69 Å². The average molecular weight is 318 g/mol. The summed E-state index contributed by atoms with van der Waals surface area (Å²) >= 11 is 0.959. The van der Waals surface area contributed by atoms with Gasteiger partial charge < -0.3 is 5.11 Å². The number of carboxylic acid groups (broad SMARTS) is 1. The van der Waals surface area contributed by atoms with E-state index < -0.39 is 16.9 Å². The molecule has 2 aromatic rings. The number of carbonyl (C=O) groups is 1. The molecular weight excluding hydrogens is 304 g/mol. The van der Waals surface area contributed by atoms with Crippen molar-refractivity contribution in [3.05, 3.63) is 70.3 Å². The van der Waals surface area contributed by atoms with Crippen LogP contribution in [-0.2, 0) is 11.2 Å². The molecule has 6 nitrogen and oxygen atoms in total. The molecule has 0 aliphatic carbocycles. The Kier molecular flexibility index (Phi) is 5.51. The maximum Gasteiger partial charge on any atom is 0.321 e. The lowest BCUT2D eigenvalue weighted by Gasteiger charge is -2.13. The first-order valence-electron chi connectivity index (χ1n) is 6.50. The Morgan fingerprint density at radius 3 is 2.45 bits per heavy atom. The maximum absolute atomic E-state index is 11.3. The van der Waals surface area contributed by atoms with E-state index in [0.717, 1.165) is 17.5 Å². The van der Waals surface area contributed by atoms with E-state index in [2.05, 4.69) is 4.72 Å². The quantitative estimate of drug-likeness (QED) is 0.463. The molecule has 0 radical (unpaired) electrons. The predicted molar refractivity (Wildman–Crippen MR) is 83.7 cm³/mol. The lowest BCUT2D eigenvalue weighted by molar-refractivity contribution is -0.387. The number of para-hydroxylation sites is 1. The van der Waals surface area contributed by atoms with Crippen LogP contribution < -0.4 is 4.72 Å². The second-order valence-electron chi connectivity index (χ2n) is 4.53. The lowest BCUT2D eigenvalue weighted by atomic mass is 10.1. The molecule has 0 spiro atoms. The number of carboxylic acids is 1. The molecule has 1 atom stereocenters. The van der Waals surface area contributed by atoms with Gasteiger partial charge in [-0.1, -0.05) is 42.5 Å². The SMILES string of the molecule is O=C(O)[C@H](Cc1ccccc1)NSc1ccccc1[N+](=O)[O-].